The molecule has 0 bridgehead atoms. The molecule has 0 aliphatic carbocycles. The molecule has 0 atom stereocenters. The van der Waals surface area contributed by atoms with Crippen molar-refractivity contribution in [2.24, 2.45) is 0 Å². The number of rotatable bonds is 4. The Balaban J connectivity index is 3.01. The molecule has 1 heterocycles. The second-order valence-corrected chi connectivity index (χ2v) is 3.10. The Hall–Kier alpha value is -1.85. The summed E-state index contributed by atoms with van der Waals surface area (Å²) < 4.78 is 0. The van der Waals surface area contributed by atoms with Gasteiger partial charge < -0.3 is 15.0 Å². The van der Waals surface area contributed by atoms with Crippen molar-refractivity contribution in [3.05, 3.63) is 22.2 Å². The van der Waals surface area contributed by atoms with Crippen molar-refractivity contribution < 1.29 is 9.90 Å². The van der Waals surface area contributed by atoms with E-state index in [1.165, 1.54) is 11.0 Å². The van der Waals surface area contributed by atoms with E-state index >= 15 is 0 Å². The van der Waals surface area contributed by atoms with Gasteiger partial charge in [-0.15, -0.1) is 0 Å². The Morgan fingerprint density at radius 2 is 2.33 bits per heavy atom. The number of H-pyrrole nitrogens is 1. The summed E-state index contributed by atoms with van der Waals surface area (Å²) in [6.45, 7) is 3.79. The summed E-state index contributed by atoms with van der Waals surface area (Å²) in [5.74, 6) is -0.0842. The molecule has 0 radical (unpaired) electrons. The minimum absolute atomic E-state index is 0.160. The normalized spacial score (nSPS) is 10.0. The van der Waals surface area contributed by atoms with E-state index in [1.54, 1.807) is 13.8 Å². The third-order valence-corrected chi connectivity index (χ3v) is 1.88. The van der Waals surface area contributed by atoms with Crippen molar-refractivity contribution >= 4 is 11.8 Å². The fraction of sp³-hybridized carbons (Fsp3) is 0.444. The third kappa shape index (κ3) is 3.08. The van der Waals surface area contributed by atoms with Crippen LogP contribution < -0.4 is 10.5 Å². The van der Waals surface area contributed by atoms with Gasteiger partial charge in [-0.25, -0.2) is 4.98 Å². The van der Waals surface area contributed by atoms with Gasteiger partial charge in [-0.1, -0.05) is 0 Å². The first-order chi connectivity index (χ1) is 7.02. The van der Waals surface area contributed by atoms with Gasteiger partial charge in [0.1, 0.15) is 18.2 Å². The molecule has 0 fully saturated rings. The van der Waals surface area contributed by atoms with Crippen LogP contribution in [0.25, 0.3) is 0 Å². The van der Waals surface area contributed by atoms with Gasteiger partial charge in [0, 0.05) is 12.6 Å². The van der Waals surface area contributed by atoms with Crippen molar-refractivity contribution in [1.29, 1.82) is 0 Å². The lowest BCUT2D eigenvalue weighted by atomic mass is 10.4. The van der Waals surface area contributed by atoms with Crippen molar-refractivity contribution in [3.8, 4) is 0 Å². The van der Waals surface area contributed by atoms with Crippen molar-refractivity contribution in [3.63, 3.8) is 0 Å². The molecule has 1 aromatic heterocycles. The fourth-order valence-electron chi connectivity index (χ4n) is 1.24. The summed E-state index contributed by atoms with van der Waals surface area (Å²) in [6.07, 6.45) is 0. The summed E-state index contributed by atoms with van der Waals surface area (Å²) in [6, 6.07) is 1.29. The monoisotopic (exact) mass is 211 g/mol. The third-order valence-electron chi connectivity index (χ3n) is 1.88. The molecule has 82 valence electrons. The van der Waals surface area contributed by atoms with E-state index in [1.807, 2.05) is 0 Å². The minimum atomic E-state index is -0.948. The maximum Gasteiger partial charge on any atom is 0.323 e. The van der Waals surface area contributed by atoms with Crippen LogP contribution in [-0.2, 0) is 4.79 Å². The van der Waals surface area contributed by atoms with Crippen molar-refractivity contribution in [1.82, 2.24) is 9.97 Å². The molecule has 0 spiro atoms. The molecule has 0 amide bonds. The van der Waals surface area contributed by atoms with Gasteiger partial charge in [-0.2, -0.15) is 0 Å². The molecule has 15 heavy (non-hydrogen) atoms. The zero-order valence-electron chi connectivity index (χ0n) is 8.65. The highest BCUT2D eigenvalue weighted by atomic mass is 16.4. The van der Waals surface area contributed by atoms with Gasteiger partial charge >= 0.3 is 5.97 Å². The highest BCUT2D eigenvalue weighted by Gasteiger charge is 2.10. The predicted molar refractivity (Wildman–Crippen MR) is 55.1 cm³/mol. The number of aliphatic carboxylic acids is 1. The Kier molecular flexibility index (Phi) is 3.43. The van der Waals surface area contributed by atoms with Gasteiger partial charge in [0.25, 0.3) is 5.56 Å². The molecule has 1 aromatic rings. The number of aromatic amines is 1. The van der Waals surface area contributed by atoms with Gasteiger partial charge in [-0.3, -0.25) is 9.59 Å². The van der Waals surface area contributed by atoms with E-state index < -0.39 is 5.97 Å². The molecule has 0 aliphatic heterocycles. The molecule has 6 nitrogen and oxygen atoms in total. The van der Waals surface area contributed by atoms with Crippen LogP contribution in [0.3, 0.4) is 0 Å². The number of hydrogen-bond acceptors (Lipinski definition) is 4. The zero-order chi connectivity index (χ0) is 11.4. The van der Waals surface area contributed by atoms with Crippen molar-refractivity contribution in [2.45, 2.75) is 13.8 Å². The molecular formula is C9H13N3O3. The first kappa shape index (κ1) is 11.2. The molecule has 0 aromatic carbocycles. The molecule has 0 saturated carbocycles. The number of nitrogens with one attached hydrogen (secondary N) is 1. The Labute approximate surface area is 86.6 Å². The second-order valence-electron chi connectivity index (χ2n) is 3.10. The van der Waals surface area contributed by atoms with Crippen LogP contribution in [0, 0.1) is 6.92 Å². The average molecular weight is 211 g/mol. The largest absolute Gasteiger partial charge is 0.480 e. The summed E-state index contributed by atoms with van der Waals surface area (Å²) in [4.78, 5) is 29.8. The number of aryl methyl sites for hydroxylation is 1. The maximum atomic E-state index is 11.1. The van der Waals surface area contributed by atoms with E-state index in [0.29, 0.717) is 18.2 Å². The lowest BCUT2D eigenvalue weighted by Crippen LogP contribution is -2.31. The Bertz CT molecular complexity index is 413. The van der Waals surface area contributed by atoms with Crippen LogP contribution >= 0.6 is 0 Å². The number of anilines is 1. The zero-order valence-corrected chi connectivity index (χ0v) is 8.65. The first-order valence-electron chi connectivity index (χ1n) is 4.57. The van der Waals surface area contributed by atoms with E-state index in [-0.39, 0.29) is 12.1 Å². The number of hydrogen-bond donors (Lipinski definition) is 2. The van der Waals surface area contributed by atoms with E-state index in [2.05, 4.69) is 9.97 Å². The van der Waals surface area contributed by atoms with E-state index in [0.717, 1.165) is 0 Å². The molecule has 0 unspecified atom stereocenters. The van der Waals surface area contributed by atoms with Crippen LogP contribution in [0.5, 0.6) is 0 Å². The molecule has 6 heteroatoms. The SMILES string of the molecule is CCN(CC(=O)O)c1cc(=O)[nH]c(C)n1. The average Bonchev–Trinajstić information content (AvgIpc) is 2.12. The Morgan fingerprint density at radius 3 is 2.80 bits per heavy atom. The topological polar surface area (TPSA) is 86.3 Å². The summed E-state index contributed by atoms with van der Waals surface area (Å²) in [5, 5.41) is 8.66. The van der Waals surface area contributed by atoms with Gasteiger partial charge in [-0.05, 0) is 13.8 Å². The number of carbonyl (C=O) groups is 1. The lowest BCUT2D eigenvalue weighted by Gasteiger charge is -2.19. The molecule has 0 saturated heterocycles. The van der Waals surface area contributed by atoms with Crippen LogP contribution in [0.4, 0.5) is 5.82 Å². The van der Waals surface area contributed by atoms with Crippen LogP contribution in [0.15, 0.2) is 10.9 Å². The van der Waals surface area contributed by atoms with Gasteiger partial charge in [0.05, 0.1) is 0 Å². The summed E-state index contributed by atoms with van der Waals surface area (Å²) in [5.41, 5.74) is -0.277. The number of likely N-dealkylation sites (N-methyl/N-ethyl adjacent to an activating group) is 1. The van der Waals surface area contributed by atoms with Gasteiger partial charge in [0.2, 0.25) is 0 Å². The smallest absolute Gasteiger partial charge is 0.323 e. The predicted octanol–water partition coefficient (Wildman–Crippen LogP) is -0.0108. The van der Waals surface area contributed by atoms with Crippen molar-refractivity contribution in [2.75, 3.05) is 18.0 Å². The number of aromatic nitrogens is 2. The van der Waals surface area contributed by atoms with Crippen LogP contribution in [0.2, 0.25) is 0 Å². The quantitative estimate of drug-likeness (QED) is 0.731. The van der Waals surface area contributed by atoms with Crippen LogP contribution in [-0.4, -0.2) is 34.1 Å². The summed E-state index contributed by atoms with van der Waals surface area (Å²) in [7, 11) is 0. The molecule has 1 rings (SSSR count). The molecule has 2 N–H and O–H groups in total. The fourth-order valence-corrected chi connectivity index (χ4v) is 1.24. The minimum Gasteiger partial charge on any atom is -0.480 e. The maximum absolute atomic E-state index is 11.1. The number of nitrogens with zero attached hydrogens (tertiary/aromatic N) is 2. The standard InChI is InChI=1S/C9H13N3O3/c1-3-12(5-9(14)15)7-4-8(13)11-6(2)10-7/h4H,3,5H2,1-2H3,(H,14,15)(H,10,11,13). The molecule has 0 aliphatic rings. The van der Waals surface area contributed by atoms with E-state index in [9.17, 15) is 9.59 Å². The second kappa shape index (κ2) is 4.59. The lowest BCUT2D eigenvalue weighted by molar-refractivity contribution is -0.135. The highest BCUT2D eigenvalue weighted by Crippen LogP contribution is 2.06. The van der Waals surface area contributed by atoms with Crippen LogP contribution in [0.1, 0.15) is 12.7 Å². The number of carboxylic acid groups (broad SMARTS) is 1. The van der Waals surface area contributed by atoms with E-state index in [4.69, 9.17) is 5.11 Å². The first-order valence-corrected chi connectivity index (χ1v) is 4.57. The Morgan fingerprint density at radius 1 is 1.67 bits per heavy atom. The summed E-state index contributed by atoms with van der Waals surface area (Å²) >= 11 is 0. The highest BCUT2D eigenvalue weighted by molar-refractivity contribution is 5.73. The van der Waals surface area contributed by atoms with Gasteiger partial charge in [0.15, 0.2) is 0 Å². The molecular weight excluding hydrogens is 198 g/mol. The number of carboxylic acids is 1.